The molecule has 0 atom stereocenters. The summed E-state index contributed by atoms with van der Waals surface area (Å²) in [7, 11) is 1.64. The fraction of sp³-hybridized carbons (Fsp3) is 0.571. The number of carbonyl (C=O) groups is 1. The summed E-state index contributed by atoms with van der Waals surface area (Å²) < 4.78 is 5.33. The molecule has 1 aromatic rings. The van der Waals surface area contributed by atoms with Crippen LogP contribution >= 0.6 is 0 Å². The molecule has 0 aliphatic carbocycles. The average molecular weight is 250 g/mol. The molecule has 0 unspecified atom stereocenters. The first-order valence-electron chi connectivity index (χ1n) is 6.31. The normalized spacial score (nSPS) is 10.4. The molecule has 1 aromatic heterocycles. The first-order chi connectivity index (χ1) is 8.60. The van der Waals surface area contributed by atoms with Gasteiger partial charge < -0.3 is 10.5 Å². The highest BCUT2D eigenvalue weighted by atomic mass is 16.5. The molecule has 0 fully saturated rings. The minimum Gasteiger partial charge on any atom is -0.496 e. The minimum atomic E-state index is 0.213. The molecule has 0 aromatic carbocycles. The fourth-order valence-electron chi connectivity index (χ4n) is 1.99. The summed E-state index contributed by atoms with van der Waals surface area (Å²) in [6, 6.07) is 0. The van der Waals surface area contributed by atoms with Crippen LogP contribution < -0.4 is 10.5 Å². The van der Waals surface area contributed by atoms with E-state index in [2.05, 4.69) is 4.98 Å². The van der Waals surface area contributed by atoms with E-state index in [-0.39, 0.29) is 5.78 Å². The Hall–Kier alpha value is -1.42. The van der Waals surface area contributed by atoms with Crippen molar-refractivity contribution >= 4 is 5.78 Å². The first kappa shape index (κ1) is 14.6. The van der Waals surface area contributed by atoms with E-state index in [9.17, 15) is 4.79 Å². The van der Waals surface area contributed by atoms with E-state index < -0.39 is 0 Å². The molecule has 0 saturated carbocycles. The highest BCUT2D eigenvalue weighted by molar-refractivity contribution is 5.80. The molecule has 0 bridgehead atoms. The molecule has 0 amide bonds. The fourth-order valence-corrected chi connectivity index (χ4v) is 1.99. The first-order valence-corrected chi connectivity index (χ1v) is 6.31. The highest BCUT2D eigenvalue weighted by Gasteiger charge is 2.12. The molecule has 0 saturated heterocycles. The molecule has 1 heterocycles. The van der Waals surface area contributed by atoms with Gasteiger partial charge in [-0.05, 0) is 33.2 Å². The van der Waals surface area contributed by atoms with Gasteiger partial charge in [0.1, 0.15) is 11.5 Å². The highest BCUT2D eigenvalue weighted by Crippen LogP contribution is 2.24. The topological polar surface area (TPSA) is 65.2 Å². The summed E-state index contributed by atoms with van der Waals surface area (Å²) >= 11 is 0. The van der Waals surface area contributed by atoms with Crippen LogP contribution in [0, 0.1) is 13.8 Å². The van der Waals surface area contributed by atoms with Gasteiger partial charge in [0.15, 0.2) is 0 Å². The van der Waals surface area contributed by atoms with Gasteiger partial charge in [-0.1, -0.05) is 0 Å². The predicted octanol–water partition coefficient (Wildman–Crippen LogP) is 1.95. The number of unbranched alkanes of at least 4 members (excludes halogenated alkanes) is 1. The van der Waals surface area contributed by atoms with Gasteiger partial charge >= 0.3 is 0 Å². The number of ketones is 1. The zero-order valence-corrected chi connectivity index (χ0v) is 11.5. The van der Waals surface area contributed by atoms with Gasteiger partial charge in [0.25, 0.3) is 0 Å². The number of methoxy groups -OCH3 is 1. The summed E-state index contributed by atoms with van der Waals surface area (Å²) in [5.74, 6) is 1.04. The van der Waals surface area contributed by atoms with Crippen LogP contribution in [0.1, 0.15) is 36.1 Å². The maximum absolute atomic E-state index is 11.8. The number of hydrogen-bond donors (Lipinski definition) is 1. The number of aryl methyl sites for hydroxylation is 1. The summed E-state index contributed by atoms with van der Waals surface area (Å²) in [6.07, 6.45) is 4.47. The molecule has 0 radical (unpaired) electrons. The maximum atomic E-state index is 11.8. The Balaban J connectivity index is 2.70. The van der Waals surface area contributed by atoms with Crippen molar-refractivity contribution in [1.29, 1.82) is 0 Å². The Bertz CT molecular complexity index is 417. The standard InChI is InChI=1S/C14H22N2O2/c1-10-9-16-13(11(2)14(10)18-3)8-12(17)6-4-5-7-15/h9H,4-8,15H2,1-3H3. The lowest BCUT2D eigenvalue weighted by molar-refractivity contribution is -0.118. The Morgan fingerprint density at radius 3 is 2.72 bits per heavy atom. The van der Waals surface area contributed by atoms with Gasteiger partial charge in [0.05, 0.1) is 12.8 Å². The number of ether oxygens (including phenoxy) is 1. The van der Waals surface area contributed by atoms with E-state index in [0.29, 0.717) is 19.4 Å². The van der Waals surface area contributed by atoms with Crippen LogP contribution in [0.15, 0.2) is 6.20 Å². The molecule has 0 aliphatic rings. The number of Topliss-reactive ketones (excluding diaryl/α,β-unsaturated/α-hetero) is 1. The van der Waals surface area contributed by atoms with Crippen molar-refractivity contribution in [1.82, 2.24) is 4.98 Å². The molecular formula is C14H22N2O2. The van der Waals surface area contributed by atoms with Crippen LogP contribution in [-0.4, -0.2) is 24.4 Å². The Labute approximate surface area is 109 Å². The largest absolute Gasteiger partial charge is 0.496 e. The van der Waals surface area contributed by atoms with E-state index in [1.165, 1.54) is 0 Å². The Morgan fingerprint density at radius 2 is 2.11 bits per heavy atom. The third kappa shape index (κ3) is 3.81. The smallest absolute Gasteiger partial charge is 0.138 e. The van der Waals surface area contributed by atoms with Crippen LogP contribution in [0.2, 0.25) is 0 Å². The number of nitrogens with two attached hydrogens (primary N) is 1. The zero-order valence-electron chi connectivity index (χ0n) is 11.5. The van der Waals surface area contributed by atoms with Crippen LogP contribution in [0.5, 0.6) is 5.75 Å². The van der Waals surface area contributed by atoms with Crippen molar-refractivity contribution < 1.29 is 9.53 Å². The van der Waals surface area contributed by atoms with Crippen molar-refractivity contribution in [2.24, 2.45) is 5.73 Å². The number of nitrogens with zero attached hydrogens (tertiary/aromatic N) is 1. The number of aromatic nitrogens is 1. The SMILES string of the molecule is COc1c(C)cnc(CC(=O)CCCCN)c1C. The van der Waals surface area contributed by atoms with Crippen LogP contribution in [0.4, 0.5) is 0 Å². The Kier molecular flexibility index (Phi) is 5.78. The van der Waals surface area contributed by atoms with Crippen LogP contribution in [0.3, 0.4) is 0 Å². The van der Waals surface area contributed by atoms with Gasteiger partial charge in [0.2, 0.25) is 0 Å². The van der Waals surface area contributed by atoms with Crippen molar-refractivity contribution in [2.45, 2.75) is 39.5 Å². The van der Waals surface area contributed by atoms with Crippen molar-refractivity contribution in [3.63, 3.8) is 0 Å². The molecule has 0 spiro atoms. The Morgan fingerprint density at radius 1 is 1.39 bits per heavy atom. The minimum absolute atomic E-state index is 0.213. The van der Waals surface area contributed by atoms with Crippen molar-refractivity contribution in [3.05, 3.63) is 23.0 Å². The van der Waals surface area contributed by atoms with E-state index >= 15 is 0 Å². The quantitative estimate of drug-likeness (QED) is 0.751. The lowest BCUT2D eigenvalue weighted by atomic mass is 10.0. The molecule has 2 N–H and O–H groups in total. The monoisotopic (exact) mass is 250 g/mol. The third-order valence-corrected chi connectivity index (χ3v) is 3.02. The van der Waals surface area contributed by atoms with E-state index in [4.69, 9.17) is 10.5 Å². The molecule has 100 valence electrons. The lowest BCUT2D eigenvalue weighted by Crippen LogP contribution is -2.08. The van der Waals surface area contributed by atoms with Gasteiger partial charge in [-0.15, -0.1) is 0 Å². The zero-order chi connectivity index (χ0) is 13.5. The second kappa shape index (κ2) is 7.11. The number of pyridine rings is 1. The number of carbonyl (C=O) groups excluding carboxylic acids is 1. The molecule has 1 rings (SSSR count). The summed E-state index contributed by atoms with van der Waals surface area (Å²) in [5.41, 5.74) is 8.18. The van der Waals surface area contributed by atoms with E-state index in [1.807, 2.05) is 13.8 Å². The van der Waals surface area contributed by atoms with E-state index in [0.717, 1.165) is 35.4 Å². The summed E-state index contributed by atoms with van der Waals surface area (Å²) in [4.78, 5) is 16.1. The van der Waals surface area contributed by atoms with Crippen LogP contribution in [0.25, 0.3) is 0 Å². The molecule has 4 nitrogen and oxygen atoms in total. The third-order valence-electron chi connectivity index (χ3n) is 3.02. The molecule has 4 heteroatoms. The van der Waals surface area contributed by atoms with Crippen molar-refractivity contribution in [3.8, 4) is 5.75 Å². The van der Waals surface area contributed by atoms with Gasteiger partial charge in [-0.3, -0.25) is 9.78 Å². The lowest BCUT2D eigenvalue weighted by Gasteiger charge is -2.11. The molecule has 18 heavy (non-hydrogen) atoms. The van der Waals surface area contributed by atoms with Gasteiger partial charge in [-0.2, -0.15) is 0 Å². The van der Waals surface area contributed by atoms with E-state index in [1.54, 1.807) is 13.3 Å². The summed E-state index contributed by atoms with van der Waals surface area (Å²) in [5, 5.41) is 0. The molecular weight excluding hydrogens is 228 g/mol. The van der Waals surface area contributed by atoms with Crippen molar-refractivity contribution in [2.75, 3.05) is 13.7 Å². The van der Waals surface area contributed by atoms with Gasteiger partial charge in [0, 0.05) is 30.2 Å². The molecule has 0 aliphatic heterocycles. The second-order valence-corrected chi connectivity index (χ2v) is 4.51. The number of rotatable bonds is 7. The average Bonchev–Trinajstić information content (AvgIpc) is 2.34. The number of hydrogen-bond acceptors (Lipinski definition) is 4. The predicted molar refractivity (Wildman–Crippen MR) is 71.9 cm³/mol. The maximum Gasteiger partial charge on any atom is 0.138 e. The van der Waals surface area contributed by atoms with Gasteiger partial charge in [-0.25, -0.2) is 0 Å². The van der Waals surface area contributed by atoms with Crippen LogP contribution in [-0.2, 0) is 11.2 Å². The summed E-state index contributed by atoms with van der Waals surface area (Å²) in [6.45, 7) is 4.54. The second-order valence-electron chi connectivity index (χ2n) is 4.51.